The predicted octanol–water partition coefficient (Wildman–Crippen LogP) is -1.49. The van der Waals surface area contributed by atoms with Crippen LogP contribution in [0.3, 0.4) is 0 Å². The van der Waals surface area contributed by atoms with Gasteiger partial charge in [-0.05, 0) is 0 Å². The largest absolute Gasteiger partial charge is 0.469 e. The summed E-state index contributed by atoms with van der Waals surface area (Å²) in [6.07, 6.45) is 0.121. The Morgan fingerprint density at radius 3 is 2.93 bits per heavy atom. The molecule has 0 unspecified atom stereocenters. The van der Waals surface area contributed by atoms with Gasteiger partial charge in [-0.15, -0.1) is 0 Å². The van der Waals surface area contributed by atoms with Gasteiger partial charge >= 0.3 is 5.97 Å². The van der Waals surface area contributed by atoms with Crippen LogP contribution in [0.4, 0.5) is 0 Å². The lowest BCUT2D eigenvalue weighted by Gasteiger charge is -2.25. The third-order valence-electron chi connectivity index (χ3n) is 1.94. The summed E-state index contributed by atoms with van der Waals surface area (Å²) in [6, 6.07) is 0. The van der Waals surface area contributed by atoms with E-state index in [0.29, 0.717) is 0 Å². The number of carbonyl (C=O) groups is 3. The average molecular weight is 200 g/mol. The van der Waals surface area contributed by atoms with Crippen LogP contribution in [-0.2, 0) is 19.1 Å². The molecule has 0 aromatic carbocycles. The van der Waals surface area contributed by atoms with Gasteiger partial charge < -0.3 is 15.0 Å². The first kappa shape index (κ1) is 10.5. The molecule has 0 saturated carbocycles. The Hall–Kier alpha value is -1.59. The van der Waals surface area contributed by atoms with Crippen molar-refractivity contribution in [2.45, 2.75) is 6.42 Å². The molecule has 1 heterocycles. The van der Waals surface area contributed by atoms with Gasteiger partial charge in [0.25, 0.3) is 0 Å². The molecule has 0 aromatic heterocycles. The van der Waals surface area contributed by atoms with Crippen LogP contribution in [0.25, 0.3) is 0 Å². The molecule has 1 aliphatic rings. The number of amides is 2. The van der Waals surface area contributed by atoms with Crippen LogP contribution in [-0.4, -0.2) is 49.4 Å². The third kappa shape index (κ3) is 2.72. The van der Waals surface area contributed by atoms with E-state index >= 15 is 0 Å². The lowest BCUT2D eigenvalue weighted by atomic mass is 10.3. The van der Waals surface area contributed by atoms with E-state index in [4.69, 9.17) is 0 Å². The van der Waals surface area contributed by atoms with Crippen molar-refractivity contribution in [1.29, 1.82) is 0 Å². The number of nitrogens with zero attached hydrogens (tertiary/aromatic N) is 1. The molecule has 6 heteroatoms. The van der Waals surface area contributed by atoms with E-state index in [-0.39, 0.29) is 43.8 Å². The molecule has 1 rings (SSSR count). The maximum atomic E-state index is 11.2. The fourth-order valence-electron chi connectivity index (χ4n) is 1.14. The summed E-state index contributed by atoms with van der Waals surface area (Å²) in [6.45, 7) is 0.273. The predicted molar refractivity (Wildman–Crippen MR) is 46.2 cm³/mol. The zero-order chi connectivity index (χ0) is 10.6. The summed E-state index contributed by atoms with van der Waals surface area (Å²) >= 11 is 0. The highest BCUT2D eigenvalue weighted by atomic mass is 16.5. The summed E-state index contributed by atoms with van der Waals surface area (Å²) in [4.78, 5) is 34.2. The van der Waals surface area contributed by atoms with Crippen LogP contribution in [0, 0.1) is 0 Å². The van der Waals surface area contributed by atoms with Crippen molar-refractivity contribution in [2.75, 3.05) is 26.7 Å². The van der Waals surface area contributed by atoms with Gasteiger partial charge in [0.2, 0.25) is 11.8 Å². The van der Waals surface area contributed by atoms with Crippen molar-refractivity contribution in [3.63, 3.8) is 0 Å². The lowest BCUT2D eigenvalue weighted by molar-refractivity contribution is -0.144. The standard InChI is InChI=1S/C8H12N2O4/c1-14-8(13)2-3-10-5-6(11)9-4-7(10)12/h2-5H2,1H3,(H,9,11). The zero-order valence-electron chi connectivity index (χ0n) is 7.91. The number of esters is 1. The fraction of sp³-hybridized carbons (Fsp3) is 0.625. The minimum atomic E-state index is -0.385. The summed E-state index contributed by atoms with van der Waals surface area (Å²) in [5.41, 5.74) is 0. The minimum absolute atomic E-state index is 0.0139. The van der Waals surface area contributed by atoms with Crippen molar-refractivity contribution in [3.05, 3.63) is 0 Å². The normalized spacial score (nSPS) is 16.5. The highest BCUT2D eigenvalue weighted by molar-refractivity contribution is 5.92. The van der Waals surface area contributed by atoms with E-state index in [2.05, 4.69) is 10.1 Å². The Labute approximate surface area is 81.2 Å². The lowest BCUT2D eigenvalue weighted by Crippen LogP contribution is -2.51. The van der Waals surface area contributed by atoms with E-state index < -0.39 is 0 Å². The van der Waals surface area contributed by atoms with Crippen LogP contribution in [0.5, 0.6) is 0 Å². The smallest absolute Gasteiger partial charge is 0.307 e. The first-order valence-electron chi connectivity index (χ1n) is 4.25. The van der Waals surface area contributed by atoms with Crippen LogP contribution in [0.2, 0.25) is 0 Å². The highest BCUT2D eigenvalue weighted by Gasteiger charge is 2.23. The van der Waals surface area contributed by atoms with Crippen molar-refractivity contribution < 1.29 is 19.1 Å². The van der Waals surface area contributed by atoms with Crippen molar-refractivity contribution in [3.8, 4) is 0 Å². The van der Waals surface area contributed by atoms with Crippen LogP contribution in [0.15, 0.2) is 0 Å². The molecule has 1 aliphatic heterocycles. The number of piperazine rings is 1. The van der Waals surface area contributed by atoms with Gasteiger partial charge in [-0.3, -0.25) is 14.4 Å². The molecule has 6 nitrogen and oxygen atoms in total. The topological polar surface area (TPSA) is 75.7 Å². The van der Waals surface area contributed by atoms with Crippen molar-refractivity contribution in [2.24, 2.45) is 0 Å². The van der Waals surface area contributed by atoms with E-state index in [9.17, 15) is 14.4 Å². The molecule has 78 valence electrons. The number of nitrogens with one attached hydrogen (secondary N) is 1. The number of methoxy groups -OCH3 is 1. The molecular weight excluding hydrogens is 188 g/mol. The van der Waals surface area contributed by atoms with E-state index in [1.807, 2.05) is 0 Å². The molecule has 1 N–H and O–H groups in total. The van der Waals surface area contributed by atoms with Crippen molar-refractivity contribution >= 4 is 17.8 Å². The van der Waals surface area contributed by atoms with Gasteiger partial charge in [0.15, 0.2) is 0 Å². The third-order valence-corrected chi connectivity index (χ3v) is 1.94. The molecule has 14 heavy (non-hydrogen) atoms. The quantitative estimate of drug-likeness (QED) is 0.563. The monoisotopic (exact) mass is 200 g/mol. The maximum absolute atomic E-state index is 11.2. The Balaban J connectivity index is 2.38. The summed E-state index contributed by atoms with van der Waals surface area (Å²) < 4.78 is 4.43. The summed E-state index contributed by atoms with van der Waals surface area (Å²) in [7, 11) is 1.28. The van der Waals surface area contributed by atoms with Gasteiger partial charge in [-0.2, -0.15) is 0 Å². The number of rotatable bonds is 3. The molecule has 0 bridgehead atoms. The molecule has 0 radical (unpaired) electrons. The molecule has 0 aromatic rings. The van der Waals surface area contributed by atoms with Gasteiger partial charge in [0, 0.05) is 6.54 Å². The first-order valence-corrected chi connectivity index (χ1v) is 4.25. The number of ether oxygens (including phenoxy) is 1. The number of hydrogen-bond acceptors (Lipinski definition) is 4. The summed E-state index contributed by atoms with van der Waals surface area (Å²) in [5, 5.41) is 2.42. The SMILES string of the molecule is COC(=O)CCN1CC(=O)NCC1=O. The Morgan fingerprint density at radius 2 is 2.29 bits per heavy atom. The Morgan fingerprint density at radius 1 is 1.57 bits per heavy atom. The van der Waals surface area contributed by atoms with E-state index in [1.165, 1.54) is 12.0 Å². The second-order valence-electron chi connectivity index (χ2n) is 2.92. The maximum Gasteiger partial charge on any atom is 0.307 e. The molecule has 0 spiro atoms. The average Bonchev–Trinajstić information content (AvgIpc) is 2.19. The minimum Gasteiger partial charge on any atom is -0.469 e. The summed E-state index contributed by atoms with van der Waals surface area (Å²) in [5.74, 6) is -0.758. The highest BCUT2D eigenvalue weighted by Crippen LogP contribution is 1.97. The first-order chi connectivity index (χ1) is 6.63. The number of hydrogen-bond donors (Lipinski definition) is 1. The molecule has 1 fully saturated rings. The van der Waals surface area contributed by atoms with E-state index in [0.717, 1.165) is 0 Å². The molecule has 2 amide bonds. The van der Waals surface area contributed by atoms with Crippen LogP contribution >= 0.6 is 0 Å². The Bertz CT molecular complexity index is 264. The molecule has 0 aliphatic carbocycles. The Kier molecular flexibility index (Phi) is 3.44. The second-order valence-corrected chi connectivity index (χ2v) is 2.92. The van der Waals surface area contributed by atoms with Gasteiger partial charge in [0.05, 0.1) is 26.6 Å². The zero-order valence-corrected chi connectivity index (χ0v) is 7.91. The number of carbonyl (C=O) groups excluding carboxylic acids is 3. The van der Waals surface area contributed by atoms with Gasteiger partial charge in [0.1, 0.15) is 0 Å². The molecule has 0 atom stereocenters. The fourth-order valence-corrected chi connectivity index (χ4v) is 1.14. The molecular formula is C8H12N2O4. The van der Waals surface area contributed by atoms with E-state index in [1.54, 1.807) is 0 Å². The van der Waals surface area contributed by atoms with Gasteiger partial charge in [-0.25, -0.2) is 0 Å². The van der Waals surface area contributed by atoms with Crippen molar-refractivity contribution in [1.82, 2.24) is 10.2 Å². The van der Waals surface area contributed by atoms with Crippen LogP contribution in [0.1, 0.15) is 6.42 Å². The van der Waals surface area contributed by atoms with Gasteiger partial charge in [-0.1, -0.05) is 0 Å². The van der Waals surface area contributed by atoms with Crippen LogP contribution < -0.4 is 5.32 Å². The second kappa shape index (κ2) is 4.59. The molecule has 1 saturated heterocycles.